The normalized spacial score (nSPS) is 16.5. The number of unbranched alkanes of at least 4 members (excludes halogenated alkanes) is 11. The van der Waals surface area contributed by atoms with Gasteiger partial charge in [-0.05, 0) is 73.6 Å². The lowest BCUT2D eigenvalue weighted by molar-refractivity contribution is 0.0734. The molecular formula is C39H59FO4. The summed E-state index contributed by atoms with van der Waals surface area (Å²) in [5.41, 5.74) is 0.156. The van der Waals surface area contributed by atoms with E-state index in [1.807, 2.05) is 12.1 Å². The highest BCUT2D eigenvalue weighted by Crippen LogP contribution is 2.34. The van der Waals surface area contributed by atoms with Crippen molar-refractivity contribution < 1.29 is 23.4 Å². The van der Waals surface area contributed by atoms with E-state index in [1.54, 1.807) is 18.2 Å². The molecule has 0 N–H and O–H groups in total. The van der Waals surface area contributed by atoms with Crippen molar-refractivity contribution in [3.8, 4) is 17.2 Å². The van der Waals surface area contributed by atoms with Crippen molar-refractivity contribution in [1.82, 2.24) is 0 Å². The molecule has 44 heavy (non-hydrogen) atoms. The molecule has 1 fully saturated rings. The molecule has 3 rings (SSSR count). The second-order valence-electron chi connectivity index (χ2n) is 12.9. The number of benzene rings is 2. The topological polar surface area (TPSA) is 44.8 Å². The molecule has 1 aliphatic carbocycles. The Morgan fingerprint density at radius 1 is 0.636 bits per heavy atom. The highest BCUT2D eigenvalue weighted by Gasteiger charge is 2.20. The Labute approximate surface area is 267 Å². The van der Waals surface area contributed by atoms with E-state index in [9.17, 15) is 9.18 Å². The second-order valence-corrected chi connectivity index (χ2v) is 12.9. The Hall–Kier alpha value is -2.56. The average Bonchev–Trinajstić information content (AvgIpc) is 3.04. The smallest absolute Gasteiger partial charge is 0.343 e. The van der Waals surface area contributed by atoms with Crippen LogP contribution in [0.2, 0.25) is 0 Å². The quantitative estimate of drug-likeness (QED) is 0.0713. The van der Waals surface area contributed by atoms with E-state index in [-0.39, 0.29) is 11.3 Å². The summed E-state index contributed by atoms with van der Waals surface area (Å²) < 4.78 is 31.6. The number of halogens is 1. The van der Waals surface area contributed by atoms with Gasteiger partial charge in [0.1, 0.15) is 11.5 Å². The molecule has 0 amide bonds. The van der Waals surface area contributed by atoms with Crippen LogP contribution >= 0.6 is 0 Å². The van der Waals surface area contributed by atoms with Crippen molar-refractivity contribution in [3.63, 3.8) is 0 Å². The summed E-state index contributed by atoms with van der Waals surface area (Å²) in [6, 6.07) is 11.3. The van der Waals surface area contributed by atoms with E-state index < -0.39 is 11.8 Å². The van der Waals surface area contributed by atoms with Gasteiger partial charge in [0, 0.05) is 0 Å². The molecule has 0 bridgehead atoms. The van der Waals surface area contributed by atoms with Crippen LogP contribution in [-0.4, -0.2) is 19.2 Å². The molecule has 1 saturated carbocycles. The Morgan fingerprint density at radius 2 is 1.16 bits per heavy atom. The van der Waals surface area contributed by atoms with Gasteiger partial charge in [-0.15, -0.1) is 0 Å². The predicted molar refractivity (Wildman–Crippen MR) is 179 cm³/mol. The van der Waals surface area contributed by atoms with Crippen molar-refractivity contribution in [1.29, 1.82) is 0 Å². The van der Waals surface area contributed by atoms with E-state index in [2.05, 4.69) is 13.8 Å². The minimum atomic E-state index is -0.599. The molecule has 0 heterocycles. The number of hydrogen-bond donors (Lipinski definition) is 0. The Bertz CT molecular complexity index is 1030. The zero-order valence-corrected chi connectivity index (χ0v) is 27.8. The van der Waals surface area contributed by atoms with Crippen molar-refractivity contribution in [2.24, 2.45) is 11.8 Å². The van der Waals surface area contributed by atoms with Crippen molar-refractivity contribution in [2.75, 3.05) is 13.2 Å². The Balaban J connectivity index is 1.27. The van der Waals surface area contributed by atoms with E-state index >= 15 is 0 Å². The number of esters is 1. The molecule has 0 spiro atoms. The van der Waals surface area contributed by atoms with Crippen LogP contribution in [-0.2, 0) is 0 Å². The standard InChI is InChI=1S/C39H59FO4/c1-3-5-7-9-10-11-13-15-29-43-38-28-23-34(31-37(38)40)39(41)44-36-26-24-35(25-27-36)42-30-16-18-33-21-19-32(20-22-33)17-14-12-8-6-4-2/h23-28,31-33H,3-22,29-30H2,1-2H3. The molecule has 2 aromatic rings. The van der Waals surface area contributed by atoms with Gasteiger partial charge in [-0.2, -0.15) is 0 Å². The first-order valence-corrected chi connectivity index (χ1v) is 18.0. The minimum Gasteiger partial charge on any atom is -0.494 e. The third-order valence-corrected chi connectivity index (χ3v) is 9.17. The van der Waals surface area contributed by atoms with Crippen molar-refractivity contribution in [3.05, 3.63) is 53.8 Å². The summed E-state index contributed by atoms with van der Waals surface area (Å²) in [6.07, 6.45) is 25.8. The molecule has 246 valence electrons. The average molecular weight is 611 g/mol. The zero-order valence-electron chi connectivity index (χ0n) is 27.8. The maximum atomic E-state index is 14.6. The minimum absolute atomic E-state index is 0.156. The highest BCUT2D eigenvalue weighted by atomic mass is 19.1. The molecular weight excluding hydrogens is 551 g/mol. The predicted octanol–water partition coefficient (Wildman–Crippen LogP) is 11.9. The summed E-state index contributed by atoms with van der Waals surface area (Å²) in [5, 5.41) is 0. The fourth-order valence-electron chi connectivity index (χ4n) is 6.34. The molecule has 1 aliphatic rings. The van der Waals surface area contributed by atoms with Gasteiger partial charge in [-0.1, -0.05) is 123 Å². The second kappa shape index (κ2) is 22.0. The van der Waals surface area contributed by atoms with Gasteiger partial charge >= 0.3 is 5.97 Å². The number of ether oxygens (including phenoxy) is 3. The number of rotatable bonds is 23. The Morgan fingerprint density at radius 3 is 1.77 bits per heavy atom. The van der Waals surface area contributed by atoms with E-state index in [0.29, 0.717) is 19.0 Å². The van der Waals surface area contributed by atoms with Crippen LogP contribution in [0.1, 0.15) is 153 Å². The van der Waals surface area contributed by atoms with Crippen LogP contribution in [0.4, 0.5) is 4.39 Å². The van der Waals surface area contributed by atoms with E-state index in [1.165, 1.54) is 121 Å². The van der Waals surface area contributed by atoms with E-state index in [4.69, 9.17) is 14.2 Å². The first kappa shape index (κ1) is 35.9. The number of hydrogen-bond acceptors (Lipinski definition) is 4. The van der Waals surface area contributed by atoms with Crippen LogP contribution in [0.15, 0.2) is 42.5 Å². The van der Waals surface area contributed by atoms with Crippen LogP contribution < -0.4 is 14.2 Å². The first-order chi connectivity index (χ1) is 21.6. The van der Waals surface area contributed by atoms with Crippen molar-refractivity contribution >= 4 is 5.97 Å². The van der Waals surface area contributed by atoms with Crippen LogP contribution in [0.5, 0.6) is 17.2 Å². The third-order valence-electron chi connectivity index (χ3n) is 9.17. The SMILES string of the molecule is CCCCCCCCCCOc1ccc(C(=O)Oc2ccc(OCCCC3CCC(CCCCCCC)CC3)cc2)cc1F. The largest absolute Gasteiger partial charge is 0.494 e. The van der Waals surface area contributed by atoms with Gasteiger partial charge in [0.05, 0.1) is 18.8 Å². The van der Waals surface area contributed by atoms with Gasteiger partial charge in [0.25, 0.3) is 0 Å². The van der Waals surface area contributed by atoms with Crippen LogP contribution in [0.25, 0.3) is 0 Å². The molecule has 4 nitrogen and oxygen atoms in total. The number of carbonyl (C=O) groups excluding carboxylic acids is 1. The summed E-state index contributed by atoms with van der Waals surface area (Å²) in [6.45, 7) is 5.68. The molecule has 0 aromatic heterocycles. The van der Waals surface area contributed by atoms with Gasteiger partial charge in [0.15, 0.2) is 11.6 Å². The molecule has 0 aliphatic heterocycles. The lowest BCUT2D eigenvalue weighted by Gasteiger charge is -2.28. The maximum Gasteiger partial charge on any atom is 0.343 e. The lowest BCUT2D eigenvalue weighted by atomic mass is 9.78. The highest BCUT2D eigenvalue weighted by molar-refractivity contribution is 5.91. The van der Waals surface area contributed by atoms with Crippen LogP contribution in [0.3, 0.4) is 0 Å². The summed E-state index contributed by atoms with van der Waals surface area (Å²) in [7, 11) is 0. The van der Waals surface area contributed by atoms with E-state index in [0.717, 1.165) is 36.8 Å². The monoisotopic (exact) mass is 610 g/mol. The third kappa shape index (κ3) is 14.5. The zero-order chi connectivity index (χ0) is 31.2. The summed E-state index contributed by atoms with van der Waals surface area (Å²) >= 11 is 0. The summed E-state index contributed by atoms with van der Waals surface area (Å²) in [5.74, 6) is 2.00. The first-order valence-electron chi connectivity index (χ1n) is 18.0. The Kier molecular flexibility index (Phi) is 18.0. The molecule has 0 atom stereocenters. The fourth-order valence-corrected chi connectivity index (χ4v) is 6.34. The van der Waals surface area contributed by atoms with Gasteiger partial charge < -0.3 is 14.2 Å². The van der Waals surface area contributed by atoms with Gasteiger partial charge in [-0.3, -0.25) is 0 Å². The van der Waals surface area contributed by atoms with Crippen molar-refractivity contribution in [2.45, 2.75) is 142 Å². The molecule has 0 radical (unpaired) electrons. The van der Waals surface area contributed by atoms with Gasteiger partial charge in [-0.25, -0.2) is 9.18 Å². The summed E-state index contributed by atoms with van der Waals surface area (Å²) in [4.78, 5) is 12.6. The molecule has 5 heteroatoms. The fraction of sp³-hybridized carbons (Fsp3) is 0.667. The maximum absolute atomic E-state index is 14.6. The van der Waals surface area contributed by atoms with Crippen LogP contribution in [0, 0.1) is 17.7 Å². The molecule has 2 aromatic carbocycles. The number of carbonyl (C=O) groups is 1. The lowest BCUT2D eigenvalue weighted by Crippen LogP contribution is -2.15. The molecule has 0 unspecified atom stereocenters. The van der Waals surface area contributed by atoms with Gasteiger partial charge in [0.2, 0.25) is 0 Å². The molecule has 0 saturated heterocycles.